The molecular weight excluding hydrogens is 154 g/mol. The molecule has 0 aliphatic heterocycles. The normalized spacial score (nSPS) is 10.8. The summed E-state index contributed by atoms with van der Waals surface area (Å²) in [5.74, 6) is 0. The molecule has 0 saturated carbocycles. The molecule has 0 amide bonds. The lowest BCUT2D eigenvalue weighted by Gasteiger charge is -1.83. The summed E-state index contributed by atoms with van der Waals surface area (Å²) >= 11 is 0. The number of H-pyrrole nitrogens is 1. The van der Waals surface area contributed by atoms with Crippen LogP contribution in [0.15, 0.2) is 18.3 Å². The van der Waals surface area contributed by atoms with E-state index in [1.165, 1.54) is 0 Å². The molecule has 0 radical (unpaired) electrons. The first kappa shape index (κ1) is 8.74. The van der Waals surface area contributed by atoms with Crippen molar-refractivity contribution in [3.05, 3.63) is 29.6 Å². The number of carbonyl (C=O) groups is 1. The molecule has 0 bridgehead atoms. The second kappa shape index (κ2) is 4.51. The second-order valence-corrected chi connectivity index (χ2v) is 2.42. The van der Waals surface area contributed by atoms with Gasteiger partial charge in [0.15, 0.2) is 6.29 Å². The van der Waals surface area contributed by atoms with Crippen LogP contribution in [0.4, 0.5) is 0 Å². The predicted octanol–water partition coefficient (Wildman–Crippen LogP) is 1.22. The number of aldehydes is 1. The van der Waals surface area contributed by atoms with Crippen LogP contribution in [0.5, 0.6) is 0 Å². The summed E-state index contributed by atoms with van der Waals surface area (Å²) in [6, 6.07) is 1.75. The molecule has 12 heavy (non-hydrogen) atoms. The van der Waals surface area contributed by atoms with Crippen LogP contribution in [-0.4, -0.2) is 23.0 Å². The van der Waals surface area contributed by atoms with Crippen LogP contribution in [0.1, 0.15) is 22.5 Å². The highest BCUT2D eigenvalue weighted by Gasteiger charge is 1.92. The zero-order valence-corrected chi connectivity index (χ0v) is 6.66. The van der Waals surface area contributed by atoms with E-state index < -0.39 is 0 Å². The summed E-state index contributed by atoms with van der Waals surface area (Å²) in [6.07, 6.45) is 6.88. The molecule has 2 N–H and O–H groups in total. The Labute approximate surface area is 70.7 Å². The van der Waals surface area contributed by atoms with Gasteiger partial charge < -0.3 is 10.1 Å². The number of aromatic amines is 1. The third-order valence-electron chi connectivity index (χ3n) is 1.46. The highest BCUT2D eigenvalue weighted by molar-refractivity contribution is 5.73. The van der Waals surface area contributed by atoms with Crippen LogP contribution in [-0.2, 0) is 0 Å². The minimum absolute atomic E-state index is 0.154. The Hall–Kier alpha value is -1.35. The van der Waals surface area contributed by atoms with Crippen LogP contribution in [0, 0.1) is 0 Å². The van der Waals surface area contributed by atoms with Gasteiger partial charge in [-0.2, -0.15) is 0 Å². The Kier molecular flexibility index (Phi) is 3.29. The fourth-order valence-corrected chi connectivity index (χ4v) is 0.888. The van der Waals surface area contributed by atoms with Gasteiger partial charge in [-0.15, -0.1) is 0 Å². The lowest BCUT2D eigenvalue weighted by Crippen LogP contribution is -1.74. The zero-order valence-electron chi connectivity index (χ0n) is 6.66. The Bertz CT molecular complexity index is 276. The molecule has 1 aromatic rings. The minimum atomic E-state index is 0.154. The molecule has 0 atom stereocenters. The topological polar surface area (TPSA) is 53.1 Å². The molecule has 0 aliphatic carbocycles. The number of aromatic nitrogens is 1. The number of carbonyl (C=O) groups excluding carboxylic acids is 1. The van der Waals surface area contributed by atoms with Gasteiger partial charge in [-0.25, -0.2) is 0 Å². The summed E-state index contributed by atoms with van der Waals surface area (Å²) in [7, 11) is 0. The average Bonchev–Trinajstić information content (AvgIpc) is 2.53. The largest absolute Gasteiger partial charge is 0.396 e. The average molecular weight is 165 g/mol. The quantitative estimate of drug-likeness (QED) is 0.659. The van der Waals surface area contributed by atoms with Crippen molar-refractivity contribution in [1.82, 2.24) is 4.98 Å². The minimum Gasteiger partial charge on any atom is -0.396 e. The van der Waals surface area contributed by atoms with Gasteiger partial charge in [-0.3, -0.25) is 4.79 Å². The molecule has 3 heteroatoms. The molecule has 3 nitrogen and oxygen atoms in total. The molecule has 0 unspecified atom stereocenters. The van der Waals surface area contributed by atoms with Gasteiger partial charge in [0.25, 0.3) is 0 Å². The summed E-state index contributed by atoms with van der Waals surface area (Å²) < 4.78 is 0. The van der Waals surface area contributed by atoms with Crippen LogP contribution in [0.3, 0.4) is 0 Å². The SMILES string of the molecule is O=Cc1cc(C=CCCO)c[nH]1. The number of nitrogens with one attached hydrogen (secondary N) is 1. The predicted molar refractivity (Wildman–Crippen MR) is 46.9 cm³/mol. The van der Waals surface area contributed by atoms with Gasteiger partial charge in [0.05, 0.1) is 5.69 Å². The first-order chi connectivity index (χ1) is 5.86. The first-order valence-electron chi connectivity index (χ1n) is 3.78. The van der Waals surface area contributed by atoms with Gasteiger partial charge >= 0.3 is 0 Å². The van der Waals surface area contributed by atoms with Crippen LogP contribution in [0.2, 0.25) is 0 Å². The lowest BCUT2D eigenvalue weighted by atomic mass is 10.2. The molecule has 0 saturated heterocycles. The van der Waals surface area contributed by atoms with Gasteiger partial charge in [0.1, 0.15) is 0 Å². The van der Waals surface area contributed by atoms with Gasteiger partial charge in [-0.05, 0) is 18.1 Å². The molecule has 1 aromatic heterocycles. The molecule has 0 aromatic carbocycles. The Morgan fingerprint density at radius 1 is 1.58 bits per heavy atom. The Morgan fingerprint density at radius 3 is 3.00 bits per heavy atom. The smallest absolute Gasteiger partial charge is 0.166 e. The number of rotatable bonds is 4. The summed E-state index contributed by atoms with van der Waals surface area (Å²) in [6.45, 7) is 0.154. The van der Waals surface area contributed by atoms with E-state index >= 15 is 0 Å². The van der Waals surface area contributed by atoms with Crippen molar-refractivity contribution >= 4 is 12.4 Å². The van der Waals surface area contributed by atoms with Crippen LogP contribution >= 0.6 is 0 Å². The van der Waals surface area contributed by atoms with E-state index in [1.807, 2.05) is 12.2 Å². The summed E-state index contributed by atoms with van der Waals surface area (Å²) in [5.41, 5.74) is 1.52. The van der Waals surface area contributed by atoms with Gasteiger partial charge in [0.2, 0.25) is 0 Å². The van der Waals surface area contributed by atoms with Crippen molar-refractivity contribution in [2.24, 2.45) is 0 Å². The van der Waals surface area contributed by atoms with E-state index in [2.05, 4.69) is 4.98 Å². The van der Waals surface area contributed by atoms with Crippen molar-refractivity contribution in [2.75, 3.05) is 6.61 Å². The number of aliphatic hydroxyl groups excluding tert-OH is 1. The highest BCUT2D eigenvalue weighted by atomic mass is 16.2. The third-order valence-corrected chi connectivity index (χ3v) is 1.46. The fraction of sp³-hybridized carbons (Fsp3) is 0.222. The maximum atomic E-state index is 10.3. The zero-order chi connectivity index (χ0) is 8.81. The Balaban J connectivity index is 2.57. The molecule has 1 rings (SSSR count). The molecule has 0 fully saturated rings. The fourth-order valence-electron chi connectivity index (χ4n) is 0.888. The van der Waals surface area contributed by atoms with Gasteiger partial charge in [0, 0.05) is 12.8 Å². The van der Waals surface area contributed by atoms with Gasteiger partial charge in [-0.1, -0.05) is 12.2 Å². The molecule has 0 spiro atoms. The maximum Gasteiger partial charge on any atom is 0.166 e. The van der Waals surface area contributed by atoms with E-state index in [4.69, 9.17) is 5.11 Å². The standard InChI is InChI=1S/C9H11NO2/c11-4-2-1-3-8-5-9(7-12)10-6-8/h1,3,5-7,10-11H,2,4H2. The van der Waals surface area contributed by atoms with Crippen molar-refractivity contribution in [3.8, 4) is 0 Å². The van der Waals surface area contributed by atoms with E-state index in [-0.39, 0.29) is 6.61 Å². The van der Waals surface area contributed by atoms with E-state index in [0.717, 1.165) is 11.8 Å². The van der Waals surface area contributed by atoms with E-state index in [0.29, 0.717) is 12.1 Å². The summed E-state index contributed by atoms with van der Waals surface area (Å²) in [4.78, 5) is 13.1. The number of hydrogen-bond acceptors (Lipinski definition) is 2. The van der Waals surface area contributed by atoms with Crippen LogP contribution < -0.4 is 0 Å². The molecule has 1 heterocycles. The van der Waals surface area contributed by atoms with Crippen molar-refractivity contribution in [3.63, 3.8) is 0 Å². The van der Waals surface area contributed by atoms with E-state index in [9.17, 15) is 4.79 Å². The monoisotopic (exact) mass is 165 g/mol. The number of aliphatic hydroxyl groups is 1. The number of hydrogen-bond donors (Lipinski definition) is 2. The third kappa shape index (κ3) is 2.36. The maximum absolute atomic E-state index is 10.3. The van der Waals surface area contributed by atoms with Crippen molar-refractivity contribution in [1.29, 1.82) is 0 Å². The van der Waals surface area contributed by atoms with Crippen molar-refractivity contribution in [2.45, 2.75) is 6.42 Å². The Morgan fingerprint density at radius 2 is 2.42 bits per heavy atom. The van der Waals surface area contributed by atoms with Crippen molar-refractivity contribution < 1.29 is 9.90 Å². The first-order valence-corrected chi connectivity index (χ1v) is 3.78. The molecular formula is C9H11NO2. The second-order valence-electron chi connectivity index (χ2n) is 2.42. The highest BCUT2D eigenvalue weighted by Crippen LogP contribution is 2.03. The van der Waals surface area contributed by atoms with E-state index in [1.54, 1.807) is 12.3 Å². The molecule has 0 aliphatic rings. The lowest BCUT2D eigenvalue weighted by molar-refractivity contribution is 0.111. The molecule has 64 valence electrons. The van der Waals surface area contributed by atoms with Crippen LogP contribution in [0.25, 0.3) is 6.08 Å². The summed E-state index contributed by atoms with van der Waals surface area (Å²) in [5, 5.41) is 8.48.